The summed E-state index contributed by atoms with van der Waals surface area (Å²) in [5.41, 5.74) is 0. The Morgan fingerprint density at radius 3 is 1.58 bits per heavy atom. The number of ether oxygens (including phenoxy) is 2. The molecule has 1 heterocycles. The van der Waals surface area contributed by atoms with Crippen LogP contribution >= 0.6 is 0 Å². The summed E-state index contributed by atoms with van der Waals surface area (Å²) in [7, 11) is -6.90. The summed E-state index contributed by atoms with van der Waals surface area (Å²) < 4.78 is 149. The predicted octanol–water partition coefficient (Wildman–Crippen LogP) is 2.17. The van der Waals surface area contributed by atoms with Crippen molar-refractivity contribution in [2.45, 2.75) is 29.4 Å². The summed E-state index contributed by atoms with van der Waals surface area (Å²) >= 11 is 0. The van der Waals surface area contributed by atoms with Gasteiger partial charge in [-0.25, -0.2) is 0 Å². The molecule has 1 rings (SSSR count). The van der Waals surface area contributed by atoms with Crippen LogP contribution in [-0.2, 0) is 23.8 Å². The average Bonchev–Trinajstić information content (AvgIpc) is 2.64. The van der Waals surface area contributed by atoms with Crippen LogP contribution in [0.5, 0.6) is 0 Å². The fourth-order valence-corrected chi connectivity index (χ4v) is 2.44. The van der Waals surface area contributed by atoms with E-state index in [1.165, 1.54) is 0 Å². The van der Waals surface area contributed by atoms with Crippen LogP contribution in [0, 0.1) is 0 Å². The topological polar surface area (TPSA) is 61.8 Å². The molecule has 0 unspecified atom stereocenters. The quantitative estimate of drug-likeness (QED) is 0.523. The Hall–Kier alpha value is -0.800. The van der Waals surface area contributed by atoms with Crippen molar-refractivity contribution in [3.05, 3.63) is 0 Å². The molecule has 0 aliphatic carbocycles. The highest BCUT2D eigenvalue weighted by atomic mass is 32.2. The molecular formula is C9H9F9O5S. The van der Waals surface area contributed by atoms with Gasteiger partial charge >= 0.3 is 33.4 Å². The summed E-state index contributed by atoms with van der Waals surface area (Å²) in [5.74, 6) is -14.7. The number of alkyl halides is 9. The van der Waals surface area contributed by atoms with Crippen molar-refractivity contribution in [1.29, 1.82) is 0 Å². The lowest BCUT2D eigenvalue weighted by Gasteiger charge is -2.33. The van der Waals surface area contributed by atoms with Crippen LogP contribution in [0.3, 0.4) is 0 Å². The molecule has 24 heavy (non-hydrogen) atoms. The van der Waals surface area contributed by atoms with Crippen LogP contribution in [0.25, 0.3) is 0 Å². The molecule has 0 spiro atoms. The molecule has 0 bridgehead atoms. The molecule has 1 saturated heterocycles. The van der Waals surface area contributed by atoms with Crippen LogP contribution in [0.15, 0.2) is 0 Å². The first-order chi connectivity index (χ1) is 10.6. The Kier molecular flexibility index (Phi) is 5.75. The monoisotopic (exact) mass is 400 g/mol. The first-order valence-electron chi connectivity index (χ1n) is 5.86. The highest BCUT2D eigenvalue weighted by molar-refractivity contribution is 7.87. The van der Waals surface area contributed by atoms with Gasteiger partial charge in [-0.05, 0) is 0 Å². The maximum absolute atomic E-state index is 13.3. The zero-order valence-corrected chi connectivity index (χ0v) is 12.1. The van der Waals surface area contributed by atoms with E-state index >= 15 is 0 Å². The van der Waals surface area contributed by atoms with Gasteiger partial charge in [0, 0.05) is 0 Å². The third-order valence-corrected chi connectivity index (χ3v) is 4.08. The smallest absolute Gasteiger partial charge is 0.376 e. The Morgan fingerprint density at radius 1 is 0.792 bits per heavy atom. The number of hydrogen-bond donors (Lipinski definition) is 0. The second-order valence-corrected chi connectivity index (χ2v) is 6.10. The third kappa shape index (κ3) is 3.57. The fraction of sp³-hybridized carbons (Fsp3) is 1.00. The lowest BCUT2D eigenvalue weighted by atomic mass is 10.1. The van der Waals surface area contributed by atoms with Crippen molar-refractivity contribution in [1.82, 2.24) is 0 Å². The molecule has 0 aromatic heterocycles. The highest BCUT2D eigenvalue weighted by Gasteiger charge is 2.85. The van der Waals surface area contributed by atoms with E-state index in [0.717, 1.165) is 0 Å². The minimum atomic E-state index is -7.34. The van der Waals surface area contributed by atoms with E-state index in [1.807, 2.05) is 0 Å². The first-order valence-corrected chi connectivity index (χ1v) is 7.27. The fourth-order valence-electron chi connectivity index (χ4n) is 1.41. The van der Waals surface area contributed by atoms with Crippen LogP contribution < -0.4 is 0 Å². The Labute approximate surface area is 128 Å². The van der Waals surface area contributed by atoms with Gasteiger partial charge in [0.1, 0.15) is 6.10 Å². The molecule has 144 valence electrons. The number of halogens is 9. The van der Waals surface area contributed by atoms with Crippen molar-refractivity contribution >= 4 is 10.1 Å². The van der Waals surface area contributed by atoms with Gasteiger partial charge in [0.2, 0.25) is 0 Å². The van der Waals surface area contributed by atoms with E-state index in [1.54, 1.807) is 0 Å². The second kappa shape index (κ2) is 6.49. The van der Waals surface area contributed by atoms with Gasteiger partial charge in [-0.2, -0.15) is 47.9 Å². The molecule has 0 saturated carbocycles. The molecule has 15 heteroatoms. The normalized spacial score (nSPS) is 20.0. The first kappa shape index (κ1) is 21.2. The predicted molar refractivity (Wildman–Crippen MR) is 56.3 cm³/mol. The Morgan fingerprint density at radius 2 is 1.21 bits per heavy atom. The maximum Gasteiger partial charge on any atom is 0.460 e. The van der Waals surface area contributed by atoms with Crippen molar-refractivity contribution in [2.75, 3.05) is 26.4 Å². The van der Waals surface area contributed by atoms with Gasteiger partial charge in [-0.15, -0.1) is 0 Å². The van der Waals surface area contributed by atoms with Gasteiger partial charge in [0.15, 0.2) is 0 Å². The zero-order valence-electron chi connectivity index (χ0n) is 11.3. The molecule has 0 atom stereocenters. The minimum absolute atomic E-state index is 0.140. The van der Waals surface area contributed by atoms with E-state index in [9.17, 15) is 47.9 Å². The average molecular weight is 400 g/mol. The summed E-state index contributed by atoms with van der Waals surface area (Å²) in [5, 5.41) is -6.88. The van der Waals surface area contributed by atoms with E-state index in [4.69, 9.17) is 0 Å². The Balaban J connectivity index is 3.15. The van der Waals surface area contributed by atoms with Crippen molar-refractivity contribution in [3.63, 3.8) is 0 Å². The molecular weight excluding hydrogens is 391 g/mol. The molecule has 5 nitrogen and oxygen atoms in total. The van der Waals surface area contributed by atoms with Crippen molar-refractivity contribution in [2.24, 2.45) is 0 Å². The third-order valence-electron chi connectivity index (χ3n) is 2.67. The summed E-state index contributed by atoms with van der Waals surface area (Å²) in [6.07, 6.45) is -9.07. The molecule has 0 radical (unpaired) electrons. The summed E-state index contributed by atoms with van der Waals surface area (Å²) in [6, 6.07) is 0. The van der Waals surface area contributed by atoms with E-state index < -0.39 is 52.7 Å². The van der Waals surface area contributed by atoms with E-state index in [-0.39, 0.29) is 13.2 Å². The van der Waals surface area contributed by atoms with Gasteiger partial charge in [-0.1, -0.05) is 0 Å². The lowest BCUT2D eigenvalue weighted by Crippen LogP contribution is -2.63. The van der Waals surface area contributed by atoms with Crippen LogP contribution in [0.2, 0.25) is 0 Å². The molecule has 1 aliphatic heterocycles. The van der Waals surface area contributed by atoms with E-state index in [0.29, 0.717) is 0 Å². The zero-order chi connectivity index (χ0) is 19.0. The summed E-state index contributed by atoms with van der Waals surface area (Å²) in [4.78, 5) is 0. The van der Waals surface area contributed by atoms with Gasteiger partial charge in [0.25, 0.3) is 0 Å². The SMILES string of the molecule is O=S(=O)(OC1COCCOC1)C(F)(F)C(F)(F)C(F)(F)C(F)(F)F. The minimum Gasteiger partial charge on any atom is -0.376 e. The molecule has 0 N–H and O–H groups in total. The second-order valence-electron chi connectivity index (χ2n) is 4.49. The molecule has 0 aromatic rings. The van der Waals surface area contributed by atoms with Crippen LogP contribution in [0.1, 0.15) is 0 Å². The highest BCUT2D eigenvalue weighted by Crippen LogP contribution is 2.55. The maximum atomic E-state index is 13.3. The lowest BCUT2D eigenvalue weighted by molar-refractivity contribution is -0.382. The molecule has 1 aliphatic rings. The standard InChI is InChI=1S/C9H9F9O5S/c10-6(11,8(14,15)16)7(12,13)9(17,18)24(19,20)23-5-3-21-1-2-22-4-5/h5H,1-4H2. The van der Waals surface area contributed by atoms with Crippen LogP contribution in [0.4, 0.5) is 39.5 Å². The largest absolute Gasteiger partial charge is 0.460 e. The van der Waals surface area contributed by atoms with Gasteiger partial charge < -0.3 is 9.47 Å². The number of hydrogen-bond acceptors (Lipinski definition) is 5. The van der Waals surface area contributed by atoms with Crippen molar-refractivity contribution < 1.29 is 61.6 Å². The molecule has 0 aromatic carbocycles. The Bertz CT molecular complexity index is 536. The van der Waals surface area contributed by atoms with Gasteiger partial charge in [0.05, 0.1) is 26.4 Å². The van der Waals surface area contributed by atoms with E-state index in [2.05, 4.69) is 13.7 Å². The molecule has 0 amide bonds. The number of rotatable bonds is 5. The van der Waals surface area contributed by atoms with Crippen molar-refractivity contribution in [3.8, 4) is 0 Å². The molecule has 1 fully saturated rings. The summed E-state index contributed by atoms with van der Waals surface area (Å²) in [6.45, 7) is -1.79. The van der Waals surface area contributed by atoms with Gasteiger partial charge in [-0.3, -0.25) is 4.18 Å². The van der Waals surface area contributed by atoms with Crippen LogP contribution in [-0.4, -0.2) is 64.2 Å².